The maximum atomic E-state index is 2.73. The van der Waals surface area contributed by atoms with Gasteiger partial charge in [0, 0.05) is 0 Å². The molecule has 0 radical (unpaired) electrons. The SMILES string of the molecule is BC1(CC)CCCCC(BC2CCCC(BC3CCCCCCC3)C(C)(C(C)C)C2)C1. The Labute approximate surface area is 199 Å². The molecular weight excluding hydrogens is 369 g/mol. The summed E-state index contributed by atoms with van der Waals surface area (Å²) in [5, 5.41) is 0.633. The van der Waals surface area contributed by atoms with E-state index in [4.69, 9.17) is 0 Å². The lowest BCUT2D eigenvalue weighted by molar-refractivity contribution is 0.183. The van der Waals surface area contributed by atoms with Crippen LogP contribution in [0, 0.1) is 11.3 Å². The van der Waals surface area contributed by atoms with Gasteiger partial charge in [-0.15, -0.1) is 0 Å². The molecule has 0 saturated heterocycles. The van der Waals surface area contributed by atoms with Crippen LogP contribution in [0.25, 0.3) is 0 Å². The standard InChI is InChI=1S/C28H55B3/c1-5-28(29)19-12-11-16-25(21-28)30-24-17-13-18-26(27(4,20-24)22(2)3)31-23-14-9-7-6-8-10-15-23/h22-26,30-31H,5-21,29H2,1-4H3. The first-order chi connectivity index (χ1) is 14.8. The Balaban J connectivity index is 1.65. The van der Waals surface area contributed by atoms with Crippen LogP contribution in [-0.4, -0.2) is 22.4 Å². The van der Waals surface area contributed by atoms with Gasteiger partial charge in [0.2, 0.25) is 0 Å². The van der Waals surface area contributed by atoms with E-state index >= 15 is 0 Å². The van der Waals surface area contributed by atoms with Crippen LogP contribution >= 0.6 is 0 Å². The van der Waals surface area contributed by atoms with E-state index in [1.807, 2.05) is 0 Å². The zero-order valence-electron chi connectivity index (χ0n) is 22.3. The van der Waals surface area contributed by atoms with Gasteiger partial charge in [0.25, 0.3) is 0 Å². The van der Waals surface area contributed by atoms with E-state index in [1.165, 1.54) is 109 Å². The van der Waals surface area contributed by atoms with E-state index in [-0.39, 0.29) is 0 Å². The highest BCUT2D eigenvalue weighted by molar-refractivity contribution is 6.41. The van der Waals surface area contributed by atoms with Crippen LogP contribution in [0.4, 0.5) is 0 Å². The molecule has 3 saturated carbocycles. The first-order valence-corrected chi connectivity index (χ1v) is 14.8. The predicted octanol–water partition coefficient (Wildman–Crippen LogP) is 8.16. The molecule has 0 aliphatic heterocycles. The van der Waals surface area contributed by atoms with Crippen molar-refractivity contribution in [1.82, 2.24) is 0 Å². The van der Waals surface area contributed by atoms with Crippen LogP contribution in [0.1, 0.15) is 137 Å². The van der Waals surface area contributed by atoms with Gasteiger partial charge < -0.3 is 0 Å². The van der Waals surface area contributed by atoms with Crippen molar-refractivity contribution in [3.63, 3.8) is 0 Å². The maximum absolute atomic E-state index is 2.73. The van der Waals surface area contributed by atoms with Crippen molar-refractivity contribution in [2.75, 3.05) is 0 Å². The minimum absolute atomic E-state index is 0.572. The summed E-state index contributed by atoms with van der Waals surface area (Å²) in [5.41, 5.74) is 0.572. The van der Waals surface area contributed by atoms with Crippen molar-refractivity contribution in [3.05, 3.63) is 0 Å². The molecule has 0 aromatic heterocycles. The number of rotatable bonds is 6. The summed E-state index contributed by atoms with van der Waals surface area (Å²) in [6.45, 7) is 10.3. The second-order valence-electron chi connectivity index (χ2n) is 13.5. The van der Waals surface area contributed by atoms with Gasteiger partial charge in [-0.1, -0.05) is 165 Å². The van der Waals surface area contributed by atoms with E-state index < -0.39 is 0 Å². The molecular formula is C28H55B3. The molecule has 5 atom stereocenters. The van der Waals surface area contributed by atoms with Crippen LogP contribution in [0.15, 0.2) is 0 Å². The molecule has 0 aromatic carbocycles. The summed E-state index contributed by atoms with van der Waals surface area (Å²) >= 11 is 0. The van der Waals surface area contributed by atoms with E-state index in [1.54, 1.807) is 14.6 Å². The maximum Gasteiger partial charge on any atom is 0.128 e. The lowest BCUT2D eigenvalue weighted by Crippen LogP contribution is -2.34. The van der Waals surface area contributed by atoms with Gasteiger partial charge in [-0.05, 0) is 11.3 Å². The summed E-state index contributed by atoms with van der Waals surface area (Å²) in [4.78, 5) is 0. The van der Waals surface area contributed by atoms with Crippen LogP contribution in [-0.2, 0) is 0 Å². The van der Waals surface area contributed by atoms with Crippen molar-refractivity contribution in [2.45, 2.75) is 165 Å². The summed E-state index contributed by atoms with van der Waals surface area (Å²) in [6, 6.07) is 0. The molecule has 0 spiro atoms. The van der Waals surface area contributed by atoms with Gasteiger partial charge in [-0.2, -0.15) is 0 Å². The van der Waals surface area contributed by atoms with E-state index in [0.29, 0.717) is 10.7 Å². The normalized spacial score (nSPS) is 39.2. The molecule has 3 rings (SSSR count). The zero-order valence-corrected chi connectivity index (χ0v) is 22.3. The van der Waals surface area contributed by atoms with Gasteiger partial charge in [0.15, 0.2) is 0 Å². The second kappa shape index (κ2) is 12.1. The van der Waals surface area contributed by atoms with Crippen molar-refractivity contribution in [2.24, 2.45) is 11.3 Å². The van der Waals surface area contributed by atoms with Crippen molar-refractivity contribution >= 4 is 22.4 Å². The molecule has 5 unspecified atom stereocenters. The quantitative estimate of drug-likeness (QED) is 0.298. The zero-order chi connectivity index (χ0) is 22.3. The van der Waals surface area contributed by atoms with Crippen LogP contribution in [0.2, 0.25) is 28.6 Å². The summed E-state index contributed by atoms with van der Waals surface area (Å²) in [6.07, 6.45) is 25.6. The minimum atomic E-state index is 0.572. The summed E-state index contributed by atoms with van der Waals surface area (Å²) in [5.74, 6) is 4.86. The van der Waals surface area contributed by atoms with E-state index in [9.17, 15) is 0 Å². The van der Waals surface area contributed by atoms with E-state index in [2.05, 4.69) is 35.5 Å². The molecule has 0 nitrogen and oxygen atoms in total. The van der Waals surface area contributed by atoms with Crippen LogP contribution < -0.4 is 0 Å². The Kier molecular flexibility index (Phi) is 10.0. The van der Waals surface area contributed by atoms with Gasteiger partial charge in [-0.3, -0.25) is 0 Å². The molecule has 0 bridgehead atoms. The minimum Gasteiger partial charge on any atom is -0.0656 e. The molecule has 3 heteroatoms. The monoisotopic (exact) mass is 424 g/mol. The third-order valence-electron chi connectivity index (χ3n) is 10.9. The van der Waals surface area contributed by atoms with Gasteiger partial charge in [-0.25, -0.2) is 0 Å². The first kappa shape index (κ1) is 25.8. The molecule has 0 aromatic rings. The number of hydrogen-bond donors (Lipinski definition) is 0. The molecule has 176 valence electrons. The molecule has 3 aliphatic carbocycles. The third-order valence-corrected chi connectivity index (χ3v) is 10.9. The summed E-state index contributed by atoms with van der Waals surface area (Å²) in [7, 11) is 5.70. The third kappa shape index (κ3) is 7.34. The van der Waals surface area contributed by atoms with Gasteiger partial charge in [0.05, 0.1) is 0 Å². The number of hydrogen-bond acceptors (Lipinski definition) is 0. The Morgan fingerprint density at radius 3 is 2.00 bits per heavy atom. The topological polar surface area (TPSA) is 0 Å². The Morgan fingerprint density at radius 2 is 1.32 bits per heavy atom. The van der Waals surface area contributed by atoms with Gasteiger partial charge >= 0.3 is 0 Å². The molecule has 0 amide bonds. The molecule has 0 N–H and O–H groups in total. The second-order valence-corrected chi connectivity index (χ2v) is 13.5. The average Bonchev–Trinajstić information content (AvgIpc) is 2.99. The predicted molar refractivity (Wildman–Crippen MR) is 148 cm³/mol. The molecule has 3 aliphatic rings. The lowest BCUT2D eigenvalue weighted by atomic mass is 9.40. The van der Waals surface area contributed by atoms with Crippen molar-refractivity contribution < 1.29 is 0 Å². The molecule has 31 heavy (non-hydrogen) atoms. The molecule has 0 heterocycles. The highest BCUT2D eigenvalue weighted by Crippen LogP contribution is 2.55. The summed E-state index contributed by atoms with van der Waals surface area (Å²) < 4.78 is 0. The fourth-order valence-corrected chi connectivity index (χ4v) is 8.23. The highest BCUT2D eigenvalue weighted by Gasteiger charge is 2.42. The van der Waals surface area contributed by atoms with Crippen LogP contribution in [0.3, 0.4) is 0 Å². The smallest absolute Gasteiger partial charge is 0.0656 e. The highest BCUT2D eigenvalue weighted by atomic mass is 14.4. The largest absolute Gasteiger partial charge is 0.128 e. The Bertz CT molecular complexity index is 512. The lowest BCUT2D eigenvalue weighted by Gasteiger charge is -2.43. The Hall–Kier alpha value is 0.195. The van der Waals surface area contributed by atoms with Crippen LogP contribution in [0.5, 0.6) is 0 Å². The van der Waals surface area contributed by atoms with Gasteiger partial charge in [0.1, 0.15) is 22.4 Å². The molecule has 3 fully saturated rings. The fraction of sp³-hybridized carbons (Fsp3) is 1.00. The first-order valence-electron chi connectivity index (χ1n) is 14.8. The Morgan fingerprint density at radius 1 is 0.742 bits per heavy atom. The average molecular weight is 424 g/mol. The van der Waals surface area contributed by atoms with E-state index in [0.717, 1.165) is 29.2 Å². The fourth-order valence-electron chi connectivity index (χ4n) is 8.23. The van der Waals surface area contributed by atoms with Crippen molar-refractivity contribution in [1.29, 1.82) is 0 Å². The van der Waals surface area contributed by atoms with Crippen molar-refractivity contribution in [3.8, 4) is 0 Å².